The Morgan fingerprint density at radius 3 is 2.78 bits per heavy atom. The van der Waals surface area contributed by atoms with E-state index in [-0.39, 0.29) is 29.6 Å². The molecule has 3 aliphatic heterocycles. The molecule has 0 spiro atoms. The van der Waals surface area contributed by atoms with E-state index in [9.17, 15) is 4.79 Å². The second-order valence-corrected chi connectivity index (χ2v) is 11.6. The number of carbonyl (C=O) groups excluding carboxylic acids is 1. The molecular formula is C29H47N3O5. The van der Waals surface area contributed by atoms with Crippen molar-refractivity contribution in [2.24, 2.45) is 5.92 Å². The van der Waals surface area contributed by atoms with Crippen molar-refractivity contribution in [3.8, 4) is 5.75 Å². The molecule has 8 heteroatoms. The molecule has 1 unspecified atom stereocenters. The first-order valence-electron chi connectivity index (χ1n) is 14.1. The molecule has 0 saturated carbocycles. The van der Waals surface area contributed by atoms with Gasteiger partial charge in [0.15, 0.2) is 0 Å². The number of methoxy groups -OCH3 is 1. The summed E-state index contributed by atoms with van der Waals surface area (Å²) in [5.74, 6) is 1.23. The minimum absolute atomic E-state index is 0.104. The molecule has 208 valence electrons. The van der Waals surface area contributed by atoms with Gasteiger partial charge in [-0.1, -0.05) is 6.07 Å². The molecule has 3 heterocycles. The van der Waals surface area contributed by atoms with Crippen LogP contribution < -0.4 is 20.3 Å². The summed E-state index contributed by atoms with van der Waals surface area (Å²) in [6, 6.07) is 7.01. The van der Waals surface area contributed by atoms with Gasteiger partial charge in [-0.15, -0.1) is 0 Å². The fourth-order valence-corrected chi connectivity index (χ4v) is 5.71. The van der Waals surface area contributed by atoms with Crippen molar-refractivity contribution in [3.63, 3.8) is 0 Å². The predicted molar refractivity (Wildman–Crippen MR) is 145 cm³/mol. The zero-order valence-electron chi connectivity index (χ0n) is 23.2. The highest BCUT2D eigenvalue weighted by Gasteiger charge is 2.32. The molecule has 1 amide bonds. The summed E-state index contributed by atoms with van der Waals surface area (Å²) in [6.07, 6.45) is 5.89. The molecule has 1 aromatic carbocycles. The number of piperidine rings is 1. The lowest BCUT2D eigenvalue weighted by molar-refractivity contribution is -0.128. The number of amides is 1. The average Bonchev–Trinajstić information content (AvgIpc) is 2.88. The SMILES string of the molecule is COCCCN1CC(C)(C)Oc2ccc(CO[C@@H]3CCC(C[C@H](C)NC(=O)C4CCOCC4)NC3)cc21. The number of ether oxygens (including phenoxy) is 4. The fraction of sp³-hybridized carbons (Fsp3) is 0.759. The standard InChI is InChI=1S/C29H47N3O5/c1-21(31-28(33)23-10-14-35-15-11-23)16-24-7-8-25(18-30-24)36-19-22-6-9-27-26(17-22)32(12-5-13-34-4)20-29(2,3)37-27/h6,9,17,21,23-25,30H,5,7-8,10-16,18-20H2,1-4H3,(H,31,33)/t21-,24?,25+/m0/s1. The normalized spacial score (nSPS) is 24.7. The Bertz CT molecular complexity index is 865. The summed E-state index contributed by atoms with van der Waals surface area (Å²) in [4.78, 5) is 14.9. The average molecular weight is 518 g/mol. The third-order valence-corrected chi connectivity index (χ3v) is 7.67. The Hall–Kier alpha value is -1.87. The van der Waals surface area contributed by atoms with E-state index in [4.69, 9.17) is 18.9 Å². The Morgan fingerprint density at radius 2 is 2.05 bits per heavy atom. The quantitative estimate of drug-likeness (QED) is 0.434. The van der Waals surface area contributed by atoms with E-state index in [1.807, 2.05) is 0 Å². The van der Waals surface area contributed by atoms with Gasteiger partial charge >= 0.3 is 0 Å². The molecule has 2 fully saturated rings. The van der Waals surface area contributed by atoms with Crippen LogP contribution in [0.5, 0.6) is 5.75 Å². The van der Waals surface area contributed by atoms with Crippen molar-refractivity contribution >= 4 is 11.6 Å². The zero-order valence-corrected chi connectivity index (χ0v) is 23.2. The number of anilines is 1. The van der Waals surface area contributed by atoms with Gasteiger partial charge in [0.25, 0.3) is 0 Å². The Balaban J connectivity index is 1.21. The van der Waals surface area contributed by atoms with Gasteiger partial charge in [0.2, 0.25) is 5.91 Å². The first kappa shape index (κ1) is 28.1. The molecule has 0 bridgehead atoms. The molecule has 0 aromatic heterocycles. The summed E-state index contributed by atoms with van der Waals surface area (Å²) < 4.78 is 23.2. The van der Waals surface area contributed by atoms with Gasteiger partial charge in [-0.05, 0) is 77.0 Å². The van der Waals surface area contributed by atoms with Crippen LogP contribution in [-0.2, 0) is 25.6 Å². The van der Waals surface area contributed by atoms with Crippen LogP contribution in [0.15, 0.2) is 18.2 Å². The lowest BCUT2D eigenvalue weighted by atomic mass is 9.95. The molecule has 8 nitrogen and oxygen atoms in total. The molecule has 1 aromatic rings. The fourth-order valence-electron chi connectivity index (χ4n) is 5.71. The predicted octanol–water partition coefficient (Wildman–Crippen LogP) is 3.66. The van der Waals surface area contributed by atoms with Crippen molar-refractivity contribution in [3.05, 3.63) is 23.8 Å². The molecule has 3 aliphatic rings. The highest BCUT2D eigenvalue weighted by molar-refractivity contribution is 5.79. The number of hydrogen-bond acceptors (Lipinski definition) is 7. The van der Waals surface area contributed by atoms with Crippen LogP contribution in [0.2, 0.25) is 0 Å². The lowest BCUT2D eigenvalue weighted by Crippen LogP contribution is -2.47. The maximum atomic E-state index is 12.5. The Kier molecular flexibility index (Phi) is 10.1. The summed E-state index contributed by atoms with van der Waals surface area (Å²) in [7, 11) is 1.75. The van der Waals surface area contributed by atoms with E-state index in [0.717, 1.165) is 76.2 Å². The second kappa shape index (κ2) is 13.3. The minimum Gasteiger partial charge on any atom is -0.484 e. The van der Waals surface area contributed by atoms with Crippen LogP contribution in [0, 0.1) is 5.92 Å². The summed E-state index contributed by atoms with van der Waals surface area (Å²) >= 11 is 0. The highest BCUT2D eigenvalue weighted by Crippen LogP contribution is 2.38. The van der Waals surface area contributed by atoms with Gasteiger partial charge < -0.3 is 34.5 Å². The number of benzene rings is 1. The van der Waals surface area contributed by atoms with E-state index in [2.05, 4.69) is 54.5 Å². The molecular weight excluding hydrogens is 470 g/mol. The first-order valence-corrected chi connectivity index (χ1v) is 14.1. The number of carbonyl (C=O) groups is 1. The van der Waals surface area contributed by atoms with E-state index >= 15 is 0 Å². The topological polar surface area (TPSA) is 81.3 Å². The number of nitrogens with one attached hydrogen (secondary N) is 2. The summed E-state index contributed by atoms with van der Waals surface area (Å²) in [5, 5.41) is 6.86. The number of rotatable bonds is 11. The summed E-state index contributed by atoms with van der Waals surface area (Å²) in [5.41, 5.74) is 2.11. The van der Waals surface area contributed by atoms with Gasteiger partial charge in [-0.25, -0.2) is 0 Å². The van der Waals surface area contributed by atoms with Gasteiger partial charge in [0, 0.05) is 58.0 Å². The minimum atomic E-state index is -0.215. The molecule has 0 aliphatic carbocycles. The van der Waals surface area contributed by atoms with Gasteiger partial charge in [-0.3, -0.25) is 4.79 Å². The van der Waals surface area contributed by atoms with Crippen molar-refractivity contribution < 1.29 is 23.7 Å². The summed E-state index contributed by atoms with van der Waals surface area (Å²) in [6.45, 7) is 11.8. The highest BCUT2D eigenvalue weighted by atomic mass is 16.5. The van der Waals surface area contributed by atoms with Gasteiger partial charge in [0.1, 0.15) is 11.4 Å². The molecule has 37 heavy (non-hydrogen) atoms. The zero-order chi connectivity index (χ0) is 26.3. The molecule has 0 radical (unpaired) electrons. The van der Waals surface area contributed by atoms with E-state index in [0.29, 0.717) is 25.9 Å². The molecule has 4 rings (SSSR count). The van der Waals surface area contributed by atoms with Crippen LogP contribution in [0.25, 0.3) is 0 Å². The van der Waals surface area contributed by atoms with Crippen molar-refractivity contribution in [2.45, 2.75) is 89.7 Å². The first-order chi connectivity index (χ1) is 17.8. The van der Waals surface area contributed by atoms with Crippen LogP contribution in [0.1, 0.15) is 64.9 Å². The van der Waals surface area contributed by atoms with Crippen molar-refractivity contribution in [1.29, 1.82) is 0 Å². The lowest BCUT2D eigenvalue weighted by Gasteiger charge is -2.41. The third-order valence-electron chi connectivity index (χ3n) is 7.67. The van der Waals surface area contributed by atoms with E-state index in [1.165, 1.54) is 5.56 Å². The Labute approximate surface area is 222 Å². The van der Waals surface area contributed by atoms with Crippen LogP contribution in [0.3, 0.4) is 0 Å². The largest absolute Gasteiger partial charge is 0.484 e. The molecule has 2 N–H and O–H groups in total. The van der Waals surface area contributed by atoms with Crippen LogP contribution in [0.4, 0.5) is 5.69 Å². The van der Waals surface area contributed by atoms with Crippen molar-refractivity contribution in [1.82, 2.24) is 10.6 Å². The third kappa shape index (κ3) is 8.31. The maximum Gasteiger partial charge on any atom is 0.223 e. The van der Waals surface area contributed by atoms with Gasteiger partial charge in [0.05, 0.1) is 24.9 Å². The van der Waals surface area contributed by atoms with Crippen LogP contribution in [-0.4, -0.2) is 76.3 Å². The number of nitrogens with zero attached hydrogens (tertiary/aromatic N) is 1. The van der Waals surface area contributed by atoms with E-state index < -0.39 is 0 Å². The van der Waals surface area contributed by atoms with E-state index in [1.54, 1.807) is 7.11 Å². The van der Waals surface area contributed by atoms with Crippen molar-refractivity contribution in [2.75, 3.05) is 51.5 Å². The molecule has 3 atom stereocenters. The second-order valence-electron chi connectivity index (χ2n) is 11.6. The maximum absolute atomic E-state index is 12.5. The Morgan fingerprint density at radius 1 is 1.24 bits per heavy atom. The monoisotopic (exact) mass is 517 g/mol. The smallest absolute Gasteiger partial charge is 0.223 e. The number of hydrogen-bond donors (Lipinski definition) is 2. The van der Waals surface area contributed by atoms with Crippen LogP contribution >= 0.6 is 0 Å². The number of fused-ring (bicyclic) bond motifs is 1. The van der Waals surface area contributed by atoms with Gasteiger partial charge in [-0.2, -0.15) is 0 Å². The molecule has 2 saturated heterocycles.